The van der Waals surface area contributed by atoms with Crippen molar-refractivity contribution in [3.63, 3.8) is 0 Å². The first kappa shape index (κ1) is 28.0. The van der Waals surface area contributed by atoms with E-state index in [9.17, 15) is 13.2 Å². The third-order valence-electron chi connectivity index (χ3n) is 12.0. The Bertz CT molecular complexity index is 1030. The topological polar surface area (TPSA) is 85.3 Å². The summed E-state index contributed by atoms with van der Waals surface area (Å²) in [6.45, 7) is 4.47. The highest BCUT2D eigenvalue weighted by molar-refractivity contribution is 7.89. The van der Waals surface area contributed by atoms with E-state index in [2.05, 4.69) is 19.0 Å². The van der Waals surface area contributed by atoms with Crippen LogP contribution >= 0.6 is 0 Å². The number of carbonyl (C=O) groups excluding carboxylic acids is 1. The molecule has 5 saturated carbocycles. The lowest BCUT2D eigenvalue weighted by Gasteiger charge is -2.46. The molecule has 6 aliphatic rings. The molecule has 0 spiro atoms. The Hall–Kier alpha value is -1.15. The van der Waals surface area contributed by atoms with Gasteiger partial charge in [0.1, 0.15) is 12.2 Å². The van der Waals surface area contributed by atoms with E-state index in [1.165, 1.54) is 12.8 Å². The second-order valence-corrected chi connectivity index (χ2v) is 16.2. The van der Waals surface area contributed by atoms with Crippen molar-refractivity contribution >= 4 is 21.7 Å². The average molecular weight is 563 g/mol. The zero-order valence-electron chi connectivity index (χ0n) is 24.2. The summed E-state index contributed by atoms with van der Waals surface area (Å²) in [6.07, 6.45) is 18.2. The summed E-state index contributed by atoms with van der Waals surface area (Å²) in [5.74, 6) is 0.116. The second-order valence-electron chi connectivity index (χ2n) is 14.3. The first-order chi connectivity index (χ1) is 18.7. The van der Waals surface area contributed by atoms with Gasteiger partial charge in [0.2, 0.25) is 10.0 Å². The van der Waals surface area contributed by atoms with Gasteiger partial charge in [-0.3, -0.25) is 0 Å². The van der Waals surface area contributed by atoms with E-state index in [-0.39, 0.29) is 47.3 Å². The van der Waals surface area contributed by atoms with Crippen LogP contribution in [0.25, 0.3) is 0 Å². The SMILES string of the molecule is CC1(C)[C@@H]2CC[C@@]1(CS(=O)(=O)N(C1CCCCC1)C1CCCCC1)[C@H](OC(=O)C1=NO[C@@H]3CCCCC[C@H]13)C2. The van der Waals surface area contributed by atoms with Gasteiger partial charge in [0.15, 0.2) is 5.71 Å². The lowest BCUT2D eigenvalue weighted by molar-refractivity contribution is -0.148. The van der Waals surface area contributed by atoms with Crippen LogP contribution in [0.4, 0.5) is 0 Å². The Morgan fingerprint density at radius 2 is 1.49 bits per heavy atom. The molecular weight excluding hydrogens is 512 g/mol. The molecule has 0 aromatic heterocycles. The molecule has 2 bridgehead atoms. The third-order valence-corrected chi connectivity index (χ3v) is 14.2. The van der Waals surface area contributed by atoms with Gasteiger partial charge in [-0.1, -0.05) is 70.4 Å². The molecular formula is C31H50N2O5S. The minimum atomic E-state index is -3.54. The highest BCUT2D eigenvalue weighted by Gasteiger charge is 2.67. The summed E-state index contributed by atoms with van der Waals surface area (Å²) in [5.41, 5.74) is -0.322. The van der Waals surface area contributed by atoms with Crippen LogP contribution in [0.3, 0.4) is 0 Å². The number of nitrogens with zero attached hydrogens (tertiary/aromatic N) is 2. The maximum atomic E-state index is 14.6. The van der Waals surface area contributed by atoms with E-state index < -0.39 is 15.4 Å². The average Bonchev–Trinajstić information content (AvgIpc) is 3.40. The van der Waals surface area contributed by atoms with Crippen molar-refractivity contribution in [2.75, 3.05) is 5.75 Å². The molecule has 0 radical (unpaired) electrons. The Morgan fingerprint density at radius 1 is 0.897 bits per heavy atom. The Kier molecular flexibility index (Phi) is 7.84. The predicted octanol–water partition coefficient (Wildman–Crippen LogP) is 6.36. The minimum absolute atomic E-state index is 0.0133. The van der Waals surface area contributed by atoms with Gasteiger partial charge in [0.05, 0.1) is 11.7 Å². The number of fused-ring (bicyclic) bond motifs is 3. The number of ether oxygens (including phenoxy) is 1. The van der Waals surface area contributed by atoms with Crippen LogP contribution in [0.5, 0.6) is 0 Å². The first-order valence-corrected chi connectivity index (χ1v) is 17.8. The van der Waals surface area contributed by atoms with Gasteiger partial charge in [0.25, 0.3) is 0 Å². The number of oxime groups is 1. The van der Waals surface area contributed by atoms with Gasteiger partial charge >= 0.3 is 5.97 Å². The summed E-state index contributed by atoms with van der Waals surface area (Å²) in [7, 11) is -3.54. The van der Waals surface area contributed by atoms with E-state index in [4.69, 9.17) is 9.57 Å². The van der Waals surface area contributed by atoms with Gasteiger partial charge in [-0.2, -0.15) is 4.31 Å². The molecule has 39 heavy (non-hydrogen) atoms. The van der Waals surface area contributed by atoms with Gasteiger partial charge in [0, 0.05) is 17.5 Å². The second kappa shape index (κ2) is 10.9. The molecule has 5 aliphatic carbocycles. The Balaban J connectivity index is 1.25. The summed E-state index contributed by atoms with van der Waals surface area (Å²) in [6, 6.07) is 0.256. The number of rotatable bonds is 7. The van der Waals surface area contributed by atoms with Crippen molar-refractivity contribution in [1.82, 2.24) is 4.31 Å². The Labute approximate surface area is 235 Å². The highest BCUT2D eigenvalue weighted by atomic mass is 32.2. The van der Waals surface area contributed by atoms with Crippen molar-refractivity contribution in [3.8, 4) is 0 Å². The Morgan fingerprint density at radius 3 is 2.10 bits per heavy atom. The number of hydrogen-bond acceptors (Lipinski definition) is 6. The molecule has 0 aromatic rings. The van der Waals surface area contributed by atoms with E-state index in [0.717, 1.165) is 103 Å². The quantitative estimate of drug-likeness (QED) is 0.337. The van der Waals surface area contributed by atoms with Crippen molar-refractivity contribution in [2.24, 2.45) is 27.8 Å². The smallest absolute Gasteiger partial charge is 0.356 e. The lowest BCUT2D eigenvalue weighted by atomic mass is 9.69. The molecule has 5 atom stereocenters. The molecule has 0 N–H and O–H groups in total. The monoisotopic (exact) mass is 562 g/mol. The zero-order valence-corrected chi connectivity index (χ0v) is 25.1. The fraction of sp³-hybridized carbons (Fsp3) is 0.935. The summed E-state index contributed by atoms with van der Waals surface area (Å²) in [4.78, 5) is 19.3. The summed E-state index contributed by atoms with van der Waals surface area (Å²) in [5, 5.41) is 4.23. The van der Waals surface area contributed by atoms with Crippen molar-refractivity contribution in [1.29, 1.82) is 0 Å². The van der Waals surface area contributed by atoms with Crippen LogP contribution < -0.4 is 0 Å². The molecule has 0 aromatic carbocycles. The van der Waals surface area contributed by atoms with E-state index in [1.54, 1.807) is 0 Å². The van der Waals surface area contributed by atoms with Crippen molar-refractivity contribution < 1.29 is 22.8 Å². The van der Waals surface area contributed by atoms with Crippen LogP contribution in [-0.4, -0.2) is 54.4 Å². The fourth-order valence-electron chi connectivity index (χ4n) is 9.61. The molecule has 6 rings (SSSR count). The number of esters is 1. The summed E-state index contributed by atoms with van der Waals surface area (Å²) < 4.78 is 37.6. The van der Waals surface area contributed by atoms with Crippen LogP contribution in [0, 0.1) is 22.7 Å². The molecule has 7 nitrogen and oxygen atoms in total. The van der Waals surface area contributed by atoms with Gasteiger partial charge in [-0.25, -0.2) is 13.2 Å². The van der Waals surface area contributed by atoms with Crippen molar-refractivity contribution in [3.05, 3.63) is 0 Å². The summed E-state index contributed by atoms with van der Waals surface area (Å²) >= 11 is 0. The van der Waals surface area contributed by atoms with Gasteiger partial charge < -0.3 is 9.57 Å². The lowest BCUT2D eigenvalue weighted by Crippen LogP contribution is -2.55. The minimum Gasteiger partial charge on any atom is -0.457 e. The van der Waals surface area contributed by atoms with Crippen LogP contribution in [-0.2, 0) is 24.4 Å². The maximum Gasteiger partial charge on any atom is 0.356 e. The molecule has 5 fully saturated rings. The molecule has 1 heterocycles. The van der Waals surface area contributed by atoms with E-state index in [1.807, 2.05) is 4.31 Å². The molecule has 220 valence electrons. The number of carbonyl (C=O) groups is 1. The van der Waals surface area contributed by atoms with E-state index >= 15 is 0 Å². The van der Waals surface area contributed by atoms with Crippen LogP contribution in [0.2, 0.25) is 0 Å². The third kappa shape index (κ3) is 4.97. The van der Waals surface area contributed by atoms with Crippen molar-refractivity contribution in [2.45, 2.75) is 154 Å². The fourth-order valence-corrected chi connectivity index (χ4v) is 12.4. The van der Waals surface area contributed by atoms with Crippen LogP contribution in [0.15, 0.2) is 5.16 Å². The standard InChI is InChI=1S/C31H50N2O5S/c1-30(2)22-18-19-31(30,27(20-22)37-29(34)28-25-16-10-5-11-17-26(25)38-32-28)21-39(35,36)33(23-12-6-3-7-13-23)24-14-8-4-9-15-24/h22-27H,3-21H2,1-2H3/t22-,25+,26-,27-,31-/m1/s1. The zero-order chi connectivity index (χ0) is 27.3. The normalized spacial score (nSPS) is 37.3. The molecule has 0 amide bonds. The maximum absolute atomic E-state index is 14.6. The molecule has 0 saturated heterocycles. The van der Waals surface area contributed by atoms with Gasteiger partial charge in [-0.05, 0) is 75.5 Å². The van der Waals surface area contributed by atoms with E-state index in [0.29, 0.717) is 11.6 Å². The van der Waals surface area contributed by atoms with Gasteiger partial charge in [-0.15, -0.1) is 0 Å². The number of hydrogen-bond donors (Lipinski definition) is 0. The molecule has 1 aliphatic heterocycles. The van der Waals surface area contributed by atoms with Crippen LogP contribution in [0.1, 0.15) is 129 Å². The molecule has 8 heteroatoms. The molecule has 0 unspecified atom stereocenters. The first-order valence-electron chi connectivity index (χ1n) is 16.2. The number of sulfonamides is 1. The largest absolute Gasteiger partial charge is 0.457 e. The predicted molar refractivity (Wildman–Crippen MR) is 152 cm³/mol. The highest BCUT2D eigenvalue weighted by Crippen LogP contribution is 2.67.